The minimum atomic E-state index is -3.47. The number of furan rings is 1. The van der Waals surface area contributed by atoms with Gasteiger partial charge in [-0.05, 0) is 37.8 Å². The minimum absolute atomic E-state index is 0.151. The molecule has 4 rings (SSSR count). The van der Waals surface area contributed by atoms with E-state index in [4.69, 9.17) is 4.42 Å². The predicted molar refractivity (Wildman–Crippen MR) is 103 cm³/mol. The van der Waals surface area contributed by atoms with Gasteiger partial charge in [0.2, 0.25) is 5.95 Å². The third kappa shape index (κ3) is 3.76. The second-order valence-electron chi connectivity index (χ2n) is 7.45. The summed E-state index contributed by atoms with van der Waals surface area (Å²) in [6, 6.07) is 3.33. The van der Waals surface area contributed by atoms with Crippen LogP contribution in [0.15, 0.2) is 33.9 Å². The van der Waals surface area contributed by atoms with Gasteiger partial charge in [0.15, 0.2) is 15.6 Å². The van der Waals surface area contributed by atoms with Crippen LogP contribution in [0, 0.1) is 0 Å². The van der Waals surface area contributed by atoms with Crippen molar-refractivity contribution in [2.45, 2.75) is 36.5 Å². The van der Waals surface area contributed by atoms with Crippen LogP contribution in [0.4, 0.5) is 5.95 Å². The summed E-state index contributed by atoms with van der Waals surface area (Å²) in [4.78, 5) is 25.6. The maximum Gasteiger partial charge on any atom is 0.289 e. The summed E-state index contributed by atoms with van der Waals surface area (Å²) in [5.41, 5.74) is 0.524. The number of sulfone groups is 1. The maximum atomic E-state index is 12.7. The fourth-order valence-electron chi connectivity index (χ4n) is 3.96. The molecule has 28 heavy (non-hydrogen) atoms. The van der Waals surface area contributed by atoms with Gasteiger partial charge in [0.1, 0.15) is 4.90 Å². The van der Waals surface area contributed by atoms with E-state index in [2.05, 4.69) is 14.9 Å². The van der Waals surface area contributed by atoms with Gasteiger partial charge in [-0.1, -0.05) is 0 Å². The van der Waals surface area contributed by atoms with Crippen LogP contribution in [0.25, 0.3) is 0 Å². The average Bonchev–Trinajstić information content (AvgIpc) is 3.40. The van der Waals surface area contributed by atoms with Crippen molar-refractivity contribution < 1.29 is 17.6 Å². The third-order valence-electron chi connectivity index (χ3n) is 5.39. The van der Waals surface area contributed by atoms with Crippen LogP contribution < -0.4 is 4.90 Å². The number of hydrogen-bond acceptors (Lipinski definition) is 7. The van der Waals surface area contributed by atoms with Crippen LogP contribution >= 0.6 is 0 Å². The predicted octanol–water partition coefficient (Wildman–Crippen LogP) is 2.09. The molecule has 2 saturated heterocycles. The Morgan fingerprint density at radius 3 is 2.68 bits per heavy atom. The Hall–Kier alpha value is -2.42. The molecule has 1 atom stereocenters. The molecule has 0 aromatic carbocycles. The minimum Gasteiger partial charge on any atom is -0.459 e. The summed E-state index contributed by atoms with van der Waals surface area (Å²) in [7, 11) is -3.47. The highest BCUT2D eigenvalue weighted by Crippen LogP contribution is 2.32. The highest BCUT2D eigenvalue weighted by Gasteiger charge is 2.32. The Bertz CT molecular complexity index is 952. The Kier molecular flexibility index (Phi) is 5.09. The number of hydrogen-bond donors (Lipinski definition) is 0. The molecule has 4 heterocycles. The van der Waals surface area contributed by atoms with Crippen molar-refractivity contribution in [2.24, 2.45) is 0 Å². The summed E-state index contributed by atoms with van der Waals surface area (Å²) < 4.78 is 29.9. The standard InChI is InChI=1S/C19H24N4O4S/c1-28(25,26)16-12-20-19(22-8-2-3-9-22)21-17(16)14-6-4-10-23(13-14)18(24)15-7-5-11-27-15/h5,7,11-12,14H,2-4,6,8-10,13H2,1H3. The first kappa shape index (κ1) is 18.9. The summed E-state index contributed by atoms with van der Waals surface area (Å²) in [5, 5.41) is 0. The second kappa shape index (κ2) is 7.54. The summed E-state index contributed by atoms with van der Waals surface area (Å²) in [6.45, 7) is 2.80. The van der Waals surface area contributed by atoms with Crippen LogP contribution in [0.1, 0.15) is 47.8 Å². The van der Waals surface area contributed by atoms with E-state index in [0.29, 0.717) is 30.5 Å². The van der Waals surface area contributed by atoms with Gasteiger partial charge in [0, 0.05) is 38.4 Å². The van der Waals surface area contributed by atoms with E-state index in [9.17, 15) is 13.2 Å². The fourth-order valence-corrected chi connectivity index (χ4v) is 4.80. The Labute approximate surface area is 164 Å². The molecular weight excluding hydrogens is 380 g/mol. The van der Waals surface area contributed by atoms with E-state index in [1.54, 1.807) is 17.0 Å². The molecule has 2 aromatic rings. The number of anilines is 1. The summed E-state index contributed by atoms with van der Waals surface area (Å²) in [5.74, 6) is 0.546. The van der Waals surface area contributed by atoms with Crippen molar-refractivity contribution in [1.82, 2.24) is 14.9 Å². The molecule has 8 nitrogen and oxygen atoms in total. The van der Waals surface area contributed by atoms with Gasteiger partial charge in [-0.3, -0.25) is 4.79 Å². The lowest BCUT2D eigenvalue weighted by Crippen LogP contribution is -2.39. The Balaban J connectivity index is 1.65. The van der Waals surface area contributed by atoms with E-state index in [-0.39, 0.29) is 16.7 Å². The number of aromatic nitrogens is 2. The molecule has 2 aliphatic heterocycles. The quantitative estimate of drug-likeness (QED) is 0.770. The van der Waals surface area contributed by atoms with Gasteiger partial charge in [-0.15, -0.1) is 0 Å². The van der Waals surface area contributed by atoms with Gasteiger partial charge < -0.3 is 14.2 Å². The molecule has 0 saturated carbocycles. The Morgan fingerprint density at radius 2 is 2.00 bits per heavy atom. The normalized spacial score (nSPS) is 20.5. The highest BCUT2D eigenvalue weighted by atomic mass is 32.2. The van der Waals surface area contributed by atoms with Gasteiger partial charge in [0.05, 0.1) is 18.2 Å². The number of amides is 1. The number of rotatable bonds is 4. The zero-order chi connectivity index (χ0) is 19.7. The Morgan fingerprint density at radius 1 is 1.21 bits per heavy atom. The van der Waals surface area contributed by atoms with Crippen LogP contribution in [-0.2, 0) is 9.84 Å². The van der Waals surface area contributed by atoms with Crippen molar-refractivity contribution in [3.05, 3.63) is 36.0 Å². The molecule has 0 aliphatic carbocycles. The van der Waals surface area contributed by atoms with E-state index in [0.717, 1.165) is 38.8 Å². The highest BCUT2D eigenvalue weighted by molar-refractivity contribution is 7.90. The maximum absolute atomic E-state index is 12.7. The van der Waals surface area contributed by atoms with E-state index < -0.39 is 9.84 Å². The van der Waals surface area contributed by atoms with E-state index >= 15 is 0 Å². The SMILES string of the molecule is CS(=O)(=O)c1cnc(N2CCCC2)nc1C1CCCN(C(=O)c2ccco2)C1. The molecule has 0 spiro atoms. The first-order valence-electron chi connectivity index (χ1n) is 9.58. The molecule has 0 radical (unpaired) electrons. The molecule has 150 valence electrons. The molecular formula is C19H24N4O4S. The number of piperidine rings is 1. The van der Waals surface area contributed by atoms with Crippen molar-refractivity contribution >= 4 is 21.7 Å². The number of likely N-dealkylation sites (tertiary alicyclic amines) is 1. The zero-order valence-corrected chi connectivity index (χ0v) is 16.7. The molecule has 2 aliphatic rings. The molecule has 1 unspecified atom stereocenters. The number of carbonyl (C=O) groups is 1. The molecule has 0 N–H and O–H groups in total. The van der Waals surface area contributed by atoms with Gasteiger partial charge >= 0.3 is 0 Å². The lowest BCUT2D eigenvalue weighted by molar-refractivity contribution is 0.0673. The molecule has 0 bridgehead atoms. The van der Waals surface area contributed by atoms with Gasteiger partial charge in [-0.25, -0.2) is 18.4 Å². The lowest BCUT2D eigenvalue weighted by atomic mass is 9.94. The van der Waals surface area contributed by atoms with Crippen molar-refractivity contribution in [1.29, 1.82) is 0 Å². The first-order valence-corrected chi connectivity index (χ1v) is 11.5. The van der Waals surface area contributed by atoms with Gasteiger partial charge in [-0.2, -0.15) is 0 Å². The van der Waals surface area contributed by atoms with E-state index in [1.165, 1.54) is 18.7 Å². The van der Waals surface area contributed by atoms with Gasteiger partial charge in [0.25, 0.3) is 5.91 Å². The second-order valence-corrected chi connectivity index (χ2v) is 9.44. The van der Waals surface area contributed by atoms with Crippen molar-refractivity contribution in [2.75, 3.05) is 37.3 Å². The van der Waals surface area contributed by atoms with Crippen LogP contribution in [0.2, 0.25) is 0 Å². The molecule has 1 amide bonds. The largest absolute Gasteiger partial charge is 0.459 e. The number of nitrogens with zero attached hydrogens (tertiary/aromatic N) is 4. The molecule has 9 heteroatoms. The fraction of sp³-hybridized carbons (Fsp3) is 0.526. The third-order valence-corrected chi connectivity index (χ3v) is 6.50. The van der Waals surface area contributed by atoms with Crippen LogP contribution in [0.5, 0.6) is 0 Å². The zero-order valence-electron chi connectivity index (χ0n) is 15.9. The average molecular weight is 404 g/mol. The van der Waals surface area contributed by atoms with Crippen LogP contribution in [0.3, 0.4) is 0 Å². The van der Waals surface area contributed by atoms with Crippen LogP contribution in [-0.4, -0.2) is 61.6 Å². The monoisotopic (exact) mass is 404 g/mol. The number of carbonyl (C=O) groups excluding carboxylic acids is 1. The molecule has 2 fully saturated rings. The smallest absolute Gasteiger partial charge is 0.289 e. The lowest BCUT2D eigenvalue weighted by Gasteiger charge is -2.32. The van der Waals surface area contributed by atoms with Crippen molar-refractivity contribution in [3.8, 4) is 0 Å². The topological polar surface area (TPSA) is 96.6 Å². The molecule has 2 aromatic heterocycles. The first-order chi connectivity index (χ1) is 13.4. The summed E-state index contributed by atoms with van der Waals surface area (Å²) in [6.07, 6.45) is 7.81. The van der Waals surface area contributed by atoms with Crippen molar-refractivity contribution in [3.63, 3.8) is 0 Å². The summed E-state index contributed by atoms with van der Waals surface area (Å²) >= 11 is 0. The van der Waals surface area contributed by atoms with E-state index in [1.807, 2.05) is 0 Å².